The van der Waals surface area contributed by atoms with Gasteiger partial charge in [-0.2, -0.15) is 0 Å². The highest BCUT2D eigenvalue weighted by Crippen LogP contribution is 2.38. The second kappa shape index (κ2) is 4.04. The van der Waals surface area contributed by atoms with Crippen molar-refractivity contribution in [1.82, 2.24) is 4.90 Å². The molecule has 4 fully saturated rings. The van der Waals surface area contributed by atoms with Crippen LogP contribution in [0.1, 0.15) is 25.7 Å². The topological polar surface area (TPSA) is 32.7 Å². The first-order valence-corrected chi connectivity index (χ1v) is 6.36. The van der Waals surface area contributed by atoms with Crippen molar-refractivity contribution in [2.45, 2.75) is 37.8 Å². The number of aliphatic hydroxyl groups excluding tert-OH is 1. The van der Waals surface area contributed by atoms with E-state index < -0.39 is 0 Å². The van der Waals surface area contributed by atoms with Crippen LogP contribution >= 0.6 is 0 Å². The molecule has 0 aromatic carbocycles. The van der Waals surface area contributed by atoms with Crippen LogP contribution in [0, 0.1) is 11.8 Å². The number of rotatable bonds is 1. The largest absolute Gasteiger partial charge is 0.391 e. The lowest BCUT2D eigenvalue weighted by molar-refractivity contribution is -0.108. The summed E-state index contributed by atoms with van der Waals surface area (Å²) in [5, 5.41) is 10.3. The molecular formula is C12H21NO2. The fourth-order valence-electron chi connectivity index (χ4n) is 3.69. The molecule has 0 aromatic heterocycles. The maximum Gasteiger partial charge on any atom is 0.0727 e. The van der Waals surface area contributed by atoms with Crippen LogP contribution < -0.4 is 0 Å². The number of hydrogen-bond donors (Lipinski definition) is 1. The molecule has 15 heavy (non-hydrogen) atoms. The molecule has 2 unspecified atom stereocenters. The average Bonchev–Trinajstić information content (AvgIpc) is 2.31. The third-order valence-electron chi connectivity index (χ3n) is 4.58. The number of hydrogen-bond acceptors (Lipinski definition) is 3. The summed E-state index contributed by atoms with van der Waals surface area (Å²) in [5.74, 6) is 1.26. The zero-order valence-corrected chi connectivity index (χ0v) is 9.27. The standard InChI is InChI=1S/C12H21NO2/c14-12-10-1-5-13(6-2-10)11(12)9-3-7-15-8-4-9/h9-12,14H,1-8H2. The zero-order chi connectivity index (χ0) is 10.3. The first-order valence-electron chi connectivity index (χ1n) is 6.36. The minimum Gasteiger partial charge on any atom is -0.391 e. The Bertz CT molecular complexity index is 218. The van der Waals surface area contributed by atoms with E-state index >= 15 is 0 Å². The van der Waals surface area contributed by atoms with E-state index in [9.17, 15) is 5.11 Å². The highest BCUT2D eigenvalue weighted by atomic mass is 16.5. The molecule has 0 saturated carbocycles. The molecule has 0 aromatic rings. The summed E-state index contributed by atoms with van der Waals surface area (Å²) in [4.78, 5) is 2.53. The van der Waals surface area contributed by atoms with Gasteiger partial charge in [0.15, 0.2) is 0 Å². The van der Waals surface area contributed by atoms with Gasteiger partial charge < -0.3 is 9.84 Å². The van der Waals surface area contributed by atoms with E-state index in [1.807, 2.05) is 0 Å². The lowest BCUT2D eigenvalue weighted by Crippen LogP contribution is -2.61. The van der Waals surface area contributed by atoms with Gasteiger partial charge in [-0.1, -0.05) is 0 Å². The summed E-state index contributed by atoms with van der Waals surface area (Å²) < 4.78 is 5.41. The first-order chi connectivity index (χ1) is 7.36. The summed E-state index contributed by atoms with van der Waals surface area (Å²) >= 11 is 0. The van der Waals surface area contributed by atoms with Gasteiger partial charge in [0.05, 0.1) is 6.10 Å². The van der Waals surface area contributed by atoms with Crippen molar-refractivity contribution < 1.29 is 9.84 Å². The van der Waals surface area contributed by atoms with E-state index in [4.69, 9.17) is 4.74 Å². The van der Waals surface area contributed by atoms with Crippen LogP contribution in [0.2, 0.25) is 0 Å². The summed E-state index contributed by atoms with van der Waals surface area (Å²) in [6.45, 7) is 4.21. The third-order valence-corrected chi connectivity index (χ3v) is 4.58. The molecule has 86 valence electrons. The van der Waals surface area contributed by atoms with Gasteiger partial charge in [0.25, 0.3) is 0 Å². The molecule has 4 aliphatic rings. The van der Waals surface area contributed by atoms with Crippen LogP contribution in [-0.4, -0.2) is 48.5 Å². The van der Waals surface area contributed by atoms with E-state index in [2.05, 4.69) is 4.90 Å². The fraction of sp³-hybridized carbons (Fsp3) is 1.00. The Morgan fingerprint density at radius 2 is 1.60 bits per heavy atom. The Labute approximate surface area is 91.4 Å². The first kappa shape index (κ1) is 10.1. The molecule has 0 aliphatic carbocycles. The summed E-state index contributed by atoms with van der Waals surface area (Å²) in [6, 6.07) is 0.446. The minimum absolute atomic E-state index is 0.0596. The van der Waals surface area contributed by atoms with E-state index in [-0.39, 0.29) is 6.10 Å². The third kappa shape index (κ3) is 1.71. The highest BCUT2D eigenvalue weighted by molar-refractivity contribution is 4.98. The number of aliphatic hydroxyl groups is 1. The van der Waals surface area contributed by atoms with E-state index in [1.54, 1.807) is 0 Å². The molecule has 4 aliphatic heterocycles. The van der Waals surface area contributed by atoms with Crippen molar-refractivity contribution in [1.29, 1.82) is 0 Å². The lowest BCUT2D eigenvalue weighted by atomic mass is 9.74. The van der Waals surface area contributed by atoms with Crippen molar-refractivity contribution in [3.05, 3.63) is 0 Å². The fourth-order valence-corrected chi connectivity index (χ4v) is 3.69. The normalized spacial score (nSPS) is 47.0. The highest BCUT2D eigenvalue weighted by Gasteiger charge is 2.44. The number of piperidine rings is 3. The molecule has 0 spiro atoms. The van der Waals surface area contributed by atoms with Crippen molar-refractivity contribution in [3.8, 4) is 0 Å². The van der Waals surface area contributed by atoms with Crippen molar-refractivity contribution in [2.24, 2.45) is 11.8 Å². The Balaban J connectivity index is 1.73. The van der Waals surface area contributed by atoms with Crippen LogP contribution in [0.4, 0.5) is 0 Å². The van der Waals surface area contributed by atoms with Gasteiger partial charge in [0.2, 0.25) is 0 Å². The Hall–Kier alpha value is -0.120. The van der Waals surface area contributed by atoms with Gasteiger partial charge >= 0.3 is 0 Å². The molecule has 2 atom stereocenters. The quantitative estimate of drug-likeness (QED) is 0.698. The van der Waals surface area contributed by atoms with Crippen LogP contribution in [0.15, 0.2) is 0 Å². The van der Waals surface area contributed by atoms with E-state index in [0.717, 1.165) is 26.1 Å². The molecule has 4 saturated heterocycles. The SMILES string of the molecule is OC1C2CCN(CC2)C1C1CCOCC1. The monoisotopic (exact) mass is 211 g/mol. The van der Waals surface area contributed by atoms with E-state index in [1.165, 1.54) is 25.9 Å². The lowest BCUT2D eigenvalue weighted by Gasteiger charge is -2.52. The number of ether oxygens (including phenoxy) is 1. The van der Waals surface area contributed by atoms with Gasteiger partial charge in [-0.15, -0.1) is 0 Å². The average molecular weight is 211 g/mol. The summed E-state index contributed by atoms with van der Waals surface area (Å²) in [5.41, 5.74) is 0. The predicted octanol–water partition coefficient (Wildman–Crippen LogP) is 0.868. The smallest absolute Gasteiger partial charge is 0.0727 e. The molecular weight excluding hydrogens is 190 g/mol. The summed E-state index contributed by atoms with van der Waals surface area (Å²) in [6.07, 6.45) is 4.65. The van der Waals surface area contributed by atoms with Crippen molar-refractivity contribution in [3.63, 3.8) is 0 Å². The Kier molecular flexibility index (Phi) is 2.71. The number of nitrogens with zero attached hydrogens (tertiary/aromatic N) is 1. The molecule has 4 rings (SSSR count). The van der Waals surface area contributed by atoms with Crippen LogP contribution in [0.5, 0.6) is 0 Å². The van der Waals surface area contributed by atoms with Crippen molar-refractivity contribution >= 4 is 0 Å². The molecule has 1 N–H and O–H groups in total. The number of fused-ring (bicyclic) bond motifs is 3. The van der Waals surface area contributed by atoms with Crippen LogP contribution in [0.3, 0.4) is 0 Å². The van der Waals surface area contributed by atoms with E-state index in [0.29, 0.717) is 17.9 Å². The molecule has 0 radical (unpaired) electrons. The maximum atomic E-state index is 10.3. The maximum absolute atomic E-state index is 10.3. The van der Waals surface area contributed by atoms with Crippen molar-refractivity contribution in [2.75, 3.05) is 26.3 Å². The predicted molar refractivity (Wildman–Crippen MR) is 57.6 cm³/mol. The summed E-state index contributed by atoms with van der Waals surface area (Å²) in [7, 11) is 0. The minimum atomic E-state index is -0.0596. The van der Waals surface area contributed by atoms with Gasteiger partial charge in [-0.25, -0.2) is 0 Å². The molecule has 3 heteroatoms. The zero-order valence-electron chi connectivity index (χ0n) is 9.27. The van der Waals surface area contributed by atoms with Crippen LogP contribution in [-0.2, 0) is 4.74 Å². The van der Waals surface area contributed by atoms with Crippen LogP contribution in [0.25, 0.3) is 0 Å². The molecule has 3 nitrogen and oxygen atoms in total. The molecule has 2 bridgehead atoms. The molecule has 0 amide bonds. The van der Waals surface area contributed by atoms with Gasteiger partial charge in [0, 0.05) is 19.3 Å². The Morgan fingerprint density at radius 1 is 0.933 bits per heavy atom. The van der Waals surface area contributed by atoms with Gasteiger partial charge in [0.1, 0.15) is 0 Å². The Morgan fingerprint density at radius 3 is 2.20 bits per heavy atom. The second-order valence-corrected chi connectivity index (χ2v) is 5.30. The van der Waals surface area contributed by atoms with Gasteiger partial charge in [-0.05, 0) is 50.6 Å². The second-order valence-electron chi connectivity index (χ2n) is 5.30. The molecule has 4 heterocycles. The van der Waals surface area contributed by atoms with Gasteiger partial charge in [-0.3, -0.25) is 4.90 Å².